The molecular formula is C14H14O4. The zero-order chi connectivity index (χ0) is 12.8. The van der Waals surface area contributed by atoms with E-state index in [0.29, 0.717) is 12.2 Å². The Bertz CT molecular complexity index is 500. The fourth-order valence-corrected chi connectivity index (χ4v) is 2.67. The number of ether oxygens (including phenoxy) is 2. The van der Waals surface area contributed by atoms with E-state index in [1.54, 1.807) is 24.3 Å². The lowest BCUT2D eigenvalue weighted by Crippen LogP contribution is -2.11. The van der Waals surface area contributed by atoms with Gasteiger partial charge in [-0.3, -0.25) is 4.79 Å². The predicted molar refractivity (Wildman–Crippen MR) is 62.8 cm³/mol. The minimum Gasteiger partial charge on any atom is -0.469 e. The van der Waals surface area contributed by atoms with Gasteiger partial charge in [-0.05, 0) is 25.0 Å². The minimum atomic E-state index is -0.335. The van der Waals surface area contributed by atoms with Crippen molar-refractivity contribution in [2.24, 2.45) is 10.8 Å². The molecule has 0 aromatic heterocycles. The van der Waals surface area contributed by atoms with Gasteiger partial charge in [-0.2, -0.15) is 0 Å². The fraction of sp³-hybridized carbons (Fsp3) is 0.429. The first-order valence-electron chi connectivity index (χ1n) is 5.94. The van der Waals surface area contributed by atoms with Gasteiger partial charge in [0, 0.05) is 5.41 Å². The Hall–Kier alpha value is -1.84. The molecule has 1 aromatic carbocycles. The number of rotatable bonds is 4. The van der Waals surface area contributed by atoms with E-state index < -0.39 is 0 Å². The molecule has 0 aliphatic heterocycles. The molecule has 0 heterocycles. The third-order valence-corrected chi connectivity index (χ3v) is 4.11. The first kappa shape index (κ1) is 11.3. The van der Waals surface area contributed by atoms with E-state index in [2.05, 4.69) is 0 Å². The number of hydrogen-bond acceptors (Lipinski definition) is 4. The lowest BCUT2D eigenvalue weighted by atomic mass is 10.2. The quantitative estimate of drug-likeness (QED) is 0.760. The first-order chi connectivity index (χ1) is 8.63. The van der Waals surface area contributed by atoms with E-state index in [1.165, 1.54) is 7.11 Å². The normalized spacial score (nSPS) is 31.2. The van der Waals surface area contributed by atoms with E-state index in [0.717, 1.165) is 12.8 Å². The van der Waals surface area contributed by atoms with Crippen LogP contribution in [-0.2, 0) is 14.3 Å². The van der Waals surface area contributed by atoms with Crippen molar-refractivity contribution in [3.63, 3.8) is 0 Å². The van der Waals surface area contributed by atoms with Gasteiger partial charge in [0.25, 0.3) is 0 Å². The lowest BCUT2D eigenvalue weighted by molar-refractivity contribution is -0.144. The fourth-order valence-electron chi connectivity index (χ4n) is 2.67. The molecule has 0 saturated heterocycles. The standard InChI is InChI=1S/C14H14O4/c1-17-12(16)14-7-13(14,8-14)9-18-11(15)10-5-3-2-4-6-10/h2-6H,7-9H2,1H3. The van der Waals surface area contributed by atoms with Crippen molar-refractivity contribution in [3.8, 4) is 0 Å². The number of esters is 2. The molecule has 2 aliphatic carbocycles. The van der Waals surface area contributed by atoms with Crippen LogP contribution in [0.1, 0.15) is 23.2 Å². The van der Waals surface area contributed by atoms with Crippen LogP contribution in [0.2, 0.25) is 0 Å². The molecule has 2 saturated carbocycles. The van der Waals surface area contributed by atoms with Crippen LogP contribution in [0.25, 0.3) is 0 Å². The van der Waals surface area contributed by atoms with Gasteiger partial charge >= 0.3 is 11.9 Å². The summed E-state index contributed by atoms with van der Waals surface area (Å²) in [6, 6.07) is 8.87. The Kier molecular flexibility index (Phi) is 2.24. The molecule has 94 valence electrons. The molecule has 2 aliphatic rings. The molecule has 0 atom stereocenters. The average molecular weight is 246 g/mol. The minimum absolute atomic E-state index is 0.121. The zero-order valence-corrected chi connectivity index (χ0v) is 10.1. The van der Waals surface area contributed by atoms with Crippen molar-refractivity contribution in [3.05, 3.63) is 35.9 Å². The van der Waals surface area contributed by atoms with Crippen molar-refractivity contribution in [1.82, 2.24) is 0 Å². The first-order valence-corrected chi connectivity index (χ1v) is 5.94. The summed E-state index contributed by atoms with van der Waals surface area (Å²) in [5, 5.41) is 0. The van der Waals surface area contributed by atoms with E-state index in [4.69, 9.17) is 9.47 Å². The Morgan fingerprint density at radius 2 is 1.89 bits per heavy atom. The van der Waals surface area contributed by atoms with Gasteiger partial charge in [0.2, 0.25) is 0 Å². The van der Waals surface area contributed by atoms with Crippen LogP contribution in [0.4, 0.5) is 0 Å². The Balaban J connectivity index is 1.56. The van der Waals surface area contributed by atoms with Gasteiger partial charge in [0.05, 0.1) is 24.7 Å². The highest BCUT2D eigenvalue weighted by Gasteiger charge is 2.88. The summed E-state index contributed by atoms with van der Waals surface area (Å²) in [7, 11) is 1.40. The zero-order valence-electron chi connectivity index (χ0n) is 10.1. The Labute approximate surface area is 105 Å². The largest absolute Gasteiger partial charge is 0.469 e. The maximum absolute atomic E-state index is 11.7. The molecule has 2 fully saturated rings. The van der Waals surface area contributed by atoms with Gasteiger partial charge in [-0.25, -0.2) is 4.79 Å². The summed E-state index contributed by atoms with van der Waals surface area (Å²) in [5.41, 5.74) is 0.0855. The molecule has 0 amide bonds. The molecule has 3 rings (SSSR count). The maximum Gasteiger partial charge on any atom is 0.338 e. The monoisotopic (exact) mass is 246 g/mol. The number of carbonyl (C=O) groups excluding carboxylic acids is 2. The van der Waals surface area contributed by atoms with Crippen LogP contribution < -0.4 is 0 Å². The van der Waals surface area contributed by atoms with Gasteiger partial charge in [-0.15, -0.1) is 0 Å². The van der Waals surface area contributed by atoms with Crippen LogP contribution in [0.5, 0.6) is 0 Å². The smallest absolute Gasteiger partial charge is 0.338 e. The summed E-state index contributed by atoms with van der Waals surface area (Å²) < 4.78 is 10.0. The average Bonchev–Trinajstić information content (AvgIpc) is 3.23. The summed E-state index contributed by atoms with van der Waals surface area (Å²) >= 11 is 0. The molecule has 0 bridgehead atoms. The summed E-state index contributed by atoms with van der Waals surface area (Å²) in [6.45, 7) is 0.315. The van der Waals surface area contributed by atoms with Gasteiger partial charge < -0.3 is 9.47 Å². The second kappa shape index (κ2) is 3.57. The molecule has 0 unspecified atom stereocenters. The van der Waals surface area contributed by atoms with Crippen molar-refractivity contribution in [2.75, 3.05) is 13.7 Å². The number of benzene rings is 1. The van der Waals surface area contributed by atoms with Crippen molar-refractivity contribution in [1.29, 1.82) is 0 Å². The van der Waals surface area contributed by atoms with Crippen molar-refractivity contribution < 1.29 is 19.1 Å². The SMILES string of the molecule is COC(=O)C12CC1(COC(=O)c1ccccc1)C2. The third-order valence-electron chi connectivity index (χ3n) is 4.11. The second-order valence-electron chi connectivity index (χ2n) is 5.15. The van der Waals surface area contributed by atoms with E-state index in [9.17, 15) is 9.59 Å². The molecule has 0 N–H and O–H groups in total. The molecule has 1 aromatic rings. The number of hydrogen-bond donors (Lipinski definition) is 0. The topological polar surface area (TPSA) is 52.6 Å². The lowest BCUT2D eigenvalue weighted by Gasteiger charge is -2.05. The highest BCUT2D eigenvalue weighted by Crippen LogP contribution is 2.86. The summed E-state index contributed by atoms with van der Waals surface area (Å²) in [6.07, 6.45) is 1.57. The van der Waals surface area contributed by atoms with E-state index in [-0.39, 0.29) is 22.8 Å². The van der Waals surface area contributed by atoms with Crippen molar-refractivity contribution in [2.45, 2.75) is 12.8 Å². The number of methoxy groups -OCH3 is 1. The second-order valence-corrected chi connectivity index (χ2v) is 5.15. The molecule has 4 heteroatoms. The van der Waals surface area contributed by atoms with Gasteiger partial charge in [0.15, 0.2) is 0 Å². The molecule has 0 radical (unpaired) electrons. The number of fused-ring (bicyclic) bond motifs is 1. The maximum atomic E-state index is 11.7. The predicted octanol–water partition coefficient (Wildman–Crippen LogP) is 1.80. The van der Waals surface area contributed by atoms with Crippen LogP contribution in [0.15, 0.2) is 30.3 Å². The van der Waals surface area contributed by atoms with E-state index in [1.807, 2.05) is 6.07 Å². The highest BCUT2D eigenvalue weighted by atomic mass is 16.5. The van der Waals surface area contributed by atoms with Crippen LogP contribution in [0, 0.1) is 10.8 Å². The third kappa shape index (κ3) is 1.45. The molecular weight excluding hydrogens is 232 g/mol. The summed E-state index contributed by atoms with van der Waals surface area (Å²) in [5.74, 6) is -0.499. The molecule has 18 heavy (non-hydrogen) atoms. The van der Waals surface area contributed by atoms with Gasteiger partial charge in [-0.1, -0.05) is 18.2 Å². The highest BCUT2D eigenvalue weighted by molar-refractivity contribution is 5.90. The van der Waals surface area contributed by atoms with Crippen molar-refractivity contribution >= 4 is 11.9 Å². The van der Waals surface area contributed by atoms with Gasteiger partial charge in [0.1, 0.15) is 0 Å². The summed E-state index contributed by atoms with van der Waals surface area (Å²) in [4.78, 5) is 23.2. The van der Waals surface area contributed by atoms with Crippen LogP contribution in [0.3, 0.4) is 0 Å². The number of carbonyl (C=O) groups is 2. The van der Waals surface area contributed by atoms with E-state index >= 15 is 0 Å². The van der Waals surface area contributed by atoms with Crippen LogP contribution in [-0.4, -0.2) is 25.7 Å². The Morgan fingerprint density at radius 1 is 1.22 bits per heavy atom. The molecule has 0 spiro atoms. The molecule has 4 nitrogen and oxygen atoms in total. The Morgan fingerprint density at radius 3 is 2.50 bits per heavy atom. The van der Waals surface area contributed by atoms with Crippen LogP contribution >= 0.6 is 0 Å².